The van der Waals surface area contributed by atoms with Gasteiger partial charge in [0.05, 0.1) is 0 Å². The summed E-state index contributed by atoms with van der Waals surface area (Å²) in [4.78, 5) is 21.9. The van der Waals surface area contributed by atoms with E-state index in [2.05, 4.69) is 12.2 Å². The third-order valence-corrected chi connectivity index (χ3v) is 3.90. The van der Waals surface area contributed by atoms with Crippen molar-refractivity contribution in [1.82, 2.24) is 5.32 Å². The Labute approximate surface area is 136 Å². The maximum atomic E-state index is 11.6. The zero-order valence-corrected chi connectivity index (χ0v) is 14.4. The number of carboxylic acids is 1. The molecule has 4 nitrogen and oxygen atoms in total. The van der Waals surface area contributed by atoms with Crippen LogP contribution in [0.5, 0.6) is 0 Å². The van der Waals surface area contributed by atoms with Crippen LogP contribution in [0.1, 0.15) is 96.8 Å². The molecule has 0 unspecified atom stereocenters. The summed E-state index contributed by atoms with van der Waals surface area (Å²) in [6.07, 6.45) is 14.4. The molecule has 0 heterocycles. The molecule has 0 fully saturated rings. The third-order valence-electron chi connectivity index (χ3n) is 3.90. The lowest BCUT2D eigenvalue weighted by atomic mass is 10.1. The van der Waals surface area contributed by atoms with Crippen LogP contribution in [-0.2, 0) is 9.59 Å². The maximum Gasteiger partial charge on any atom is 0.303 e. The molecule has 0 atom stereocenters. The van der Waals surface area contributed by atoms with Gasteiger partial charge in [0, 0.05) is 19.4 Å². The predicted molar refractivity (Wildman–Crippen MR) is 91.0 cm³/mol. The number of unbranched alkanes of at least 4 members (excludes halogenated alkanes) is 10. The molecular formula is C18H35NO3. The molecule has 130 valence electrons. The fourth-order valence-electron chi connectivity index (χ4n) is 2.49. The molecule has 0 aromatic carbocycles. The highest BCUT2D eigenvalue weighted by atomic mass is 16.4. The summed E-state index contributed by atoms with van der Waals surface area (Å²) >= 11 is 0. The second kappa shape index (κ2) is 16.3. The first kappa shape index (κ1) is 20.9. The molecule has 0 rings (SSSR count). The number of carboxylic acid groups (broad SMARTS) is 1. The Bertz CT molecular complexity index is 280. The Morgan fingerprint density at radius 1 is 0.727 bits per heavy atom. The molecular weight excluding hydrogens is 278 g/mol. The van der Waals surface area contributed by atoms with Crippen molar-refractivity contribution in [3.8, 4) is 0 Å². The second-order valence-corrected chi connectivity index (χ2v) is 6.13. The first-order chi connectivity index (χ1) is 10.7. The summed E-state index contributed by atoms with van der Waals surface area (Å²) in [5.41, 5.74) is 0. The number of aliphatic carboxylic acids is 1. The SMILES string of the molecule is CCCCCCCCC(=O)NCCCCCCCCC(=O)O. The largest absolute Gasteiger partial charge is 0.481 e. The van der Waals surface area contributed by atoms with Crippen molar-refractivity contribution in [3.05, 3.63) is 0 Å². The average molecular weight is 313 g/mol. The first-order valence-corrected chi connectivity index (χ1v) is 9.15. The van der Waals surface area contributed by atoms with Gasteiger partial charge in [0.2, 0.25) is 5.91 Å². The zero-order valence-electron chi connectivity index (χ0n) is 14.4. The van der Waals surface area contributed by atoms with Crippen LogP contribution < -0.4 is 5.32 Å². The van der Waals surface area contributed by atoms with E-state index in [1.165, 1.54) is 32.1 Å². The van der Waals surface area contributed by atoms with Crippen LogP contribution >= 0.6 is 0 Å². The van der Waals surface area contributed by atoms with E-state index in [4.69, 9.17) is 5.11 Å². The Kier molecular flexibility index (Phi) is 15.5. The van der Waals surface area contributed by atoms with Gasteiger partial charge in [-0.2, -0.15) is 0 Å². The molecule has 0 saturated heterocycles. The molecule has 0 aliphatic heterocycles. The molecule has 0 aliphatic carbocycles. The van der Waals surface area contributed by atoms with Crippen LogP contribution in [0, 0.1) is 0 Å². The lowest BCUT2D eigenvalue weighted by Gasteiger charge is -2.05. The standard InChI is InChI=1S/C18H35NO3/c1-2-3-4-5-8-11-14-17(20)19-16-13-10-7-6-9-12-15-18(21)22/h2-16H2,1H3,(H,19,20)(H,21,22). The minimum absolute atomic E-state index is 0.192. The Balaban J connectivity index is 3.16. The molecule has 0 radical (unpaired) electrons. The number of carbonyl (C=O) groups is 2. The molecule has 0 bridgehead atoms. The van der Waals surface area contributed by atoms with E-state index in [1.54, 1.807) is 0 Å². The lowest BCUT2D eigenvalue weighted by Crippen LogP contribution is -2.23. The van der Waals surface area contributed by atoms with Gasteiger partial charge in [-0.15, -0.1) is 0 Å². The Morgan fingerprint density at radius 2 is 1.23 bits per heavy atom. The Hall–Kier alpha value is -1.06. The van der Waals surface area contributed by atoms with Crippen molar-refractivity contribution in [3.63, 3.8) is 0 Å². The molecule has 0 spiro atoms. The minimum Gasteiger partial charge on any atom is -0.481 e. The van der Waals surface area contributed by atoms with Crippen molar-refractivity contribution in [2.75, 3.05) is 6.54 Å². The molecule has 0 aromatic heterocycles. The van der Waals surface area contributed by atoms with Crippen LogP contribution in [0.3, 0.4) is 0 Å². The van der Waals surface area contributed by atoms with E-state index < -0.39 is 5.97 Å². The summed E-state index contributed by atoms with van der Waals surface area (Å²) in [5, 5.41) is 11.5. The van der Waals surface area contributed by atoms with Gasteiger partial charge in [-0.3, -0.25) is 9.59 Å². The van der Waals surface area contributed by atoms with Crippen molar-refractivity contribution >= 4 is 11.9 Å². The monoisotopic (exact) mass is 313 g/mol. The first-order valence-electron chi connectivity index (χ1n) is 9.15. The topological polar surface area (TPSA) is 66.4 Å². The highest BCUT2D eigenvalue weighted by Crippen LogP contribution is 2.08. The van der Waals surface area contributed by atoms with Crippen molar-refractivity contribution < 1.29 is 14.7 Å². The lowest BCUT2D eigenvalue weighted by molar-refractivity contribution is -0.137. The van der Waals surface area contributed by atoms with Gasteiger partial charge >= 0.3 is 5.97 Å². The molecule has 1 amide bonds. The van der Waals surface area contributed by atoms with Crippen molar-refractivity contribution in [1.29, 1.82) is 0 Å². The summed E-state index contributed by atoms with van der Waals surface area (Å²) in [7, 11) is 0. The quantitative estimate of drug-likeness (QED) is 0.407. The van der Waals surface area contributed by atoms with E-state index in [9.17, 15) is 9.59 Å². The van der Waals surface area contributed by atoms with Crippen LogP contribution in [-0.4, -0.2) is 23.5 Å². The predicted octanol–water partition coefficient (Wildman–Crippen LogP) is 4.67. The number of hydrogen-bond donors (Lipinski definition) is 2. The van der Waals surface area contributed by atoms with E-state index >= 15 is 0 Å². The van der Waals surface area contributed by atoms with Crippen LogP contribution in [0.4, 0.5) is 0 Å². The van der Waals surface area contributed by atoms with Crippen LogP contribution in [0.15, 0.2) is 0 Å². The van der Waals surface area contributed by atoms with Crippen molar-refractivity contribution in [2.45, 2.75) is 96.8 Å². The summed E-state index contributed by atoms with van der Waals surface area (Å²) in [6, 6.07) is 0. The molecule has 0 aliphatic rings. The molecule has 2 N–H and O–H groups in total. The summed E-state index contributed by atoms with van der Waals surface area (Å²) in [6.45, 7) is 2.99. The van der Waals surface area contributed by atoms with Gasteiger partial charge in [0.25, 0.3) is 0 Å². The van der Waals surface area contributed by atoms with Crippen molar-refractivity contribution in [2.24, 2.45) is 0 Å². The highest BCUT2D eigenvalue weighted by Gasteiger charge is 2.00. The van der Waals surface area contributed by atoms with E-state index in [0.29, 0.717) is 6.42 Å². The fourth-order valence-corrected chi connectivity index (χ4v) is 2.49. The normalized spacial score (nSPS) is 10.6. The van der Waals surface area contributed by atoms with E-state index in [1.807, 2.05) is 0 Å². The number of hydrogen-bond acceptors (Lipinski definition) is 2. The smallest absolute Gasteiger partial charge is 0.303 e. The van der Waals surface area contributed by atoms with Gasteiger partial charge in [-0.1, -0.05) is 64.7 Å². The average Bonchev–Trinajstić information content (AvgIpc) is 2.48. The number of nitrogens with one attached hydrogen (secondary N) is 1. The van der Waals surface area contributed by atoms with Gasteiger partial charge in [0.1, 0.15) is 0 Å². The van der Waals surface area contributed by atoms with Crippen LogP contribution in [0.25, 0.3) is 0 Å². The second-order valence-electron chi connectivity index (χ2n) is 6.13. The maximum absolute atomic E-state index is 11.6. The summed E-state index contributed by atoms with van der Waals surface area (Å²) in [5.74, 6) is -0.509. The van der Waals surface area contributed by atoms with Gasteiger partial charge < -0.3 is 10.4 Å². The molecule has 0 saturated carbocycles. The summed E-state index contributed by atoms with van der Waals surface area (Å²) < 4.78 is 0. The zero-order chi connectivity index (χ0) is 16.5. The molecule has 22 heavy (non-hydrogen) atoms. The van der Waals surface area contributed by atoms with Gasteiger partial charge in [-0.25, -0.2) is 0 Å². The fraction of sp³-hybridized carbons (Fsp3) is 0.889. The van der Waals surface area contributed by atoms with E-state index in [-0.39, 0.29) is 12.3 Å². The Morgan fingerprint density at radius 3 is 1.82 bits per heavy atom. The third kappa shape index (κ3) is 17.0. The van der Waals surface area contributed by atoms with Gasteiger partial charge in [-0.05, 0) is 19.3 Å². The number of carbonyl (C=O) groups excluding carboxylic acids is 1. The number of amides is 1. The van der Waals surface area contributed by atoms with E-state index in [0.717, 1.165) is 51.5 Å². The highest BCUT2D eigenvalue weighted by molar-refractivity contribution is 5.75. The minimum atomic E-state index is -0.701. The number of rotatable bonds is 16. The van der Waals surface area contributed by atoms with Crippen LogP contribution in [0.2, 0.25) is 0 Å². The molecule has 0 aromatic rings. The molecule has 4 heteroatoms. The van der Waals surface area contributed by atoms with Gasteiger partial charge in [0.15, 0.2) is 0 Å².